The molecule has 2 unspecified atom stereocenters. The molecule has 0 saturated carbocycles. The van der Waals surface area contributed by atoms with Gasteiger partial charge in [0, 0.05) is 12.6 Å². The van der Waals surface area contributed by atoms with Crippen LogP contribution in [0.15, 0.2) is 24.3 Å². The van der Waals surface area contributed by atoms with Crippen molar-refractivity contribution in [1.29, 1.82) is 5.26 Å². The van der Waals surface area contributed by atoms with Gasteiger partial charge in [-0.15, -0.1) is 0 Å². The van der Waals surface area contributed by atoms with Crippen molar-refractivity contribution in [2.75, 3.05) is 13.7 Å². The largest absolute Gasteiger partial charge is 0.497 e. The third-order valence-electron chi connectivity index (χ3n) is 2.82. The predicted octanol–water partition coefficient (Wildman–Crippen LogP) is 2.90. The first-order valence-corrected chi connectivity index (χ1v) is 5.98. The molecular formula is C14H20N2O. The Morgan fingerprint density at radius 2 is 2.00 bits per heavy atom. The molecule has 1 N–H and O–H groups in total. The second-order valence-corrected chi connectivity index (χ2v) is 4.17. The Labute approximate surface area is 103 Å². The lowest BCUT2D eigenvalue weighted by molar-refractivity contribution is 0.414. The van der Waals surface area contributed by atoms with Crippen LogP contribution in [0.5, 0.6) is 5.75 Å². The Bertz CT molecular complexity index is 367. The lowest BCUT2D eigenvalue weighted by Crippen LogP contribution is -2.25. The van der Waals surface area contributed by atoms with Gasteiger partial charge in [-0.2, -0.15) is 5.26 Å². The second kappa shape index (κ2) is 6.93. The number of hydrogen-bond acceptors (Lipinski definition) is 3. The smallest absolute Gasteiger partial charge is 0.118 e. The standard InChI is InChI=1S/C14H20N2O/c1-4-14(16-10-11(2)9-15)12-5-7-13(17-3)8-6-12/h5-8,11,14,16H,4,10H2,1-3H3. The summed E-state index contributed by atoms with van der Waals surface area (Å²) in [5.41, 5.74) is 1.23. The van der Waals surface area contributed by atoms with Gasteiger partial charge in [0.25, 0.3) is 0 Å². The van der Waals surface area contributed by atoms with E-state index in [4.69, 9.17) is 10.00 Å². The third-order valence-corrected chi connectivity index (χ3v) is 2.82. The maximum atomic E-state index is 8.75. The minimum atomic E-state index is 0.0438. The lowest BCUT2D eigenvalue weighted by Gasteiger charge is -2.18. The number of rotatable bonds is 6. The highest BCUT2D eigenvalue weighted by atomic mass is 16.5. The molecule has 1 aromatic carbocycles. The van der Waals surface area contributed by atoms with E-state index in [0.717, 1.165) is 18.7 Å². The van der Waals surface area contributed by atoms with E-state index in [1.165, 1.54) is 5.56 Å². The van der Waals surface area contributed by atoms with Crippen molar-refractivity contribution < 1.29 is 4.74 Å². The molecular weight excluding hydrogens is 212 g/mol. The summed E-state index contributed by atoms with van der Waals surface area (Å²) in [5.74, 6) is 0.913. The maximum absolute atomic E-state index is 8.75. The van der Waals surface area contributed by atoms with Crippen LogP contribution in [-0.2, 0) is 0 Å². The highest BCUT2D eigenvalue weighted by Crippen LogP contribution is 2.20. The molecule has 1 aromatic rings. The molecule has 0 radical (unpaired) electrons. The van der Waals surface area contributed by atoms with Crippen molar-refractivity contribution in [1.82, 2.24) is 5.32 Å². The van der Waals surface area contributed by atoms with Crippen LogP contribution in [-0.4, -0.2) is 13.7 Å². The number of methoxy groups -OCH3 is 1. The molecule has 0 saturated heterocycles. The molecule has 0 aromatic heterocycles. The fraction of sp³-hybridized carbons (Fsp3) is 0.500. The van der Waals surface area contributed by atoms with E-state index in [1.807, 2.05) is 19.1 Å². The van der Waals surface area contributed by atoms with Gasteiger partial charge in [0.1, 0.15) is 5.75 Å². The Balaban J connectivity index is 2.63. The first kappa shape index (κ1) is 13.5. The number of hydrogen-bond donors (Lipinski definition) is 1. The molecule has 92 valence electrons. The third kappa shape index (κ3) is 4.08. The number of benzene rings is 1. The Morgan fingerprint density at radius 1 is 1.35 bits per heavy atom. The van der Waals surface area contributed by atoms with Gasteiger partial charge in [0.05, 0.1) is 19.1 Å². The van der Waals surface area contributed by atoms with E-state index < -0.39 is 0 Å². The summed E-state index contributed by atoms with van der Waals surface area (Å²) < 4.78 is 5.13. The van der Waals surface area contributed by atoms with Gasteiger partial charge in [0.15, 0.2) is 0 Å². The number of nitrogens with zero attached hydrogens (tertiary/aromatic N) is 1. The summed E-state index contributed by atoms with van der Waals surface area (Å²) in [6.45, 7) is 4.79. The normalized spacial score (nSPS) is 13.8. The molecule has 1 rings (SSSR count). The molecule has 0 aliphatic rings. The van der Waals surface area contributed by atoms with E-state index in [1.54, 1.807) is 7.11 Å². The SMILES string of the molecule is CCC(NCC(C)C#N)c1ccc(OC)cc1. The predicted molar refractivity (Wildman–Crippen MR) is 68.8 cm³/mol. The number of ether oxygens (including phenoxy) is 1. The van der Waals surface area contributed by atoms with E-state index in [2.05, 4.69) is 30.4 Å². The Kier molecular flexibility index (Phi) is 5.51. The van der Waals surface area contributed by atoms with Gasteiger partial charge >= 0.3 is 0 Å². The summed E-state index contributed by atoms with van der Waals surface area (Å²) in [5, 5.41) is 12.2. The first-order valence-electron chi connectivity index (χ1n) is 5.98. The highest BCUT2D eigenvalue weighted by Gasteiger charge is 2.10. The molecule has 0 spiro atoms. The molecule has 2 atom stereocenters. The van der Waals surface area contributed by atoms with Crippen molar-refractivity contribution in [2.24, 2.45) is 5.92 Å². The zero-order valence-electron chi connectivity index (χ0n) is 10.7. The zero-order chi connectivity index (χ0) is 12.7. The summed E-state index contributed by atoms with van der Waals surface area (Å²) >= 11 is 0. The minimum Gasteiger partial charge on any atom is -0.497 e. The molecule has 0 heterocycles. The Hall–Kier alpha value is -1.53. The topological polar surface area (TPSA) is 45.0 Å². The molecule has 3 heteroatoms. The fourth-order valence-corrected chi connectivity index (χ4v) is 1.70. The number of nitrogens with one attached hydrogen (secondary N) is 1. The van der Waals surface area contributed by atoms with Gasteiger partial charge in [-0.05, 0) is 31.0 Å². The van der Waals surface area contributed by atoms with E-state index in [9.17, 15) is 0 Å². The van der Waals surface area contributed by atoms with Crippen LogP contribution < -0.4 is 10.1 Å². The van der Waals surface area contributed by atoms with Gasteiger partial charge in [-0.1, -0.05) is 19.1 Å². The average molecular weight is 232 g/mol. The van der Waals surface area contributed by atoms with Crippen molar-refractivity contribution in [3.8, 4) is 11.8 Å². The minimum absolute atomic E-state index is 0.0438. The Morgan fingerprint density at radius 3 is 2.47 bits per heavy atom. The van der Waals surface area contributed by atoms with Crippen LogP contribution >= 0.6 is 0 Å². The lowest BCUT2D eigenvalue weighted by atomic mass is 10.0. The molecule has 0 aliphatic carbocycles. The van der Waals surface area contributed by atoms with Crippen molar-refractivity contribution in [3.05, 3.63) is 29.8 Å². The maximum Gasteiger partial charge on any atom is 0.118 e. The monoisotopic (exact) mass is 232 g/mol. The average Bonchev–Trinajstić information content (AvgIpc) is 2.39. The van der Waals surface area contributed by atoms with Crippen molar-refractivity contribution in [3.63, 3.8) is 0 Å². The zero-order valence-corrected chi connectivity index (χ0v) is 10.7. The van der Waals surface area contributed by atoms with E-state index in [-0.39, 0.29) is 5.92 Å². The molecule has 0 bridgehead atoms. The van der Waals surface area contributed by atoms with Crippen LogP contribution in [0.3, 0.4) is 0 Å². The van der Waals surface area contributed by atoms with Crippen LogP contribution in [0, 0.1) is 17.2 Å². The van der Waals surface area contributed by atoms with E-state index in [0.29, 0.717) is 6.04 Å². The van der Waals surface area contributed by atoms with Crippen LogP contribution in [0.25, 0.3) is 0 Å². The van der Waals surface area contributed by atoms with Crippen molar-refractivity contribution in [2.45, 2.75) is 26.3 Å². The first-order chi connectivity index (χ1) is 8.21. The van der Waals surface area contributed by atoms with Crippen molar-refractivity contribution >= 4 is 0 Å². The fourth-order valence-electron chi connectivity index (χ4n) is 1.70. The molecule has 17 heavy (non-hydrogen) atoms. The van der Waals surface area contributed by atoms with Gasteiger partial charge < -0.3 is 10.1 Å². The second-order valence-electron chi connectivity index (χ2n) is 4.17. The van der Waals surface area contributed by atoms with Crippen LogP contribution in [0.4, 0.5) is 0 Å². The van der Waals surface area contributed by atoms with E-state index >= 15 is 0 Å². The molecule has 0 fully saturated rings. The highest BCUT2D eigenvalue weighted by molar-refractivity contribution is 5.29. The van der Waals surface area contributed by atoms with Gasteiger partial charge in [-0.25, -0.2) is 0 Å². The van der Waals surface area contributed by atoms with Gasteiger partial charge in [0.2, 0.25) is 0 Å². The summed E-state index contributed by atoms with van der Waals surface area (Å²) in [7, 11) is 1.67. The molecule has 0 aliphatic heterocycles. The summed E-state index contributed by atoms with van der Waals surface area (Å²) in [6.07, 6.45) is 1.00. The quantitative estimate of drug-likeness (QED) is 0.820. The number of nitriles is 1. The van der Waals surface area contributed by atoms with Crippen LogP contribution in [0.2, 0.25) is 0 Å². The summed E-state index contributed by atoms with van der Waals surface area (Å²) in [4.78, 5) is 0. The van der Waals surface area contributed by atoms with Crippen LogP contribution in [0.1, 0.15) is 31.9 Å². The summed E-state index contributed by atoms with van der Waals surface area (Å²) in [6, 6.07) is 10.6. The molecule has 3 nitrogen and oxygen atoms in total. The molecule has 0 amide bonds. The van der Waals surface area contributed by atoms with Gasteiger partial charge in [-0.3, -0.25) is 0 Å².